The molecule has 0 fully saturated rings. The van der Waals surface area contributed by atoms with Crippen molar-refractivity contribution in [1.82, 2.24) is 0 Å². The minimum Gasteiger partial charge on any atom is -0.464 e. The molecule has 4 nitrogen and oxygen atoms in total. The summed E-state index contributed by atoms with van der Waals surface area (Å²) in [4.78, 5) is 12.4. The van der Waals surface area contributed by atoms with Gasteiger partial charge in [0.15, 0.2) is 5.60 Å². The number of aryl methyl sites for hydroxylation is 1. The van der Waals surface area contributed by atoms with Crippen LogP contribution in [0.25, 0.3) is 0 Å². The van der Waals surface area contributed by atoms with Crippen LogP contribution in [0.4, 0.5) is 0 Å². The highest BCUT2D eigenvalue weighted by Gasteiger charge is 2.40. The third-order valence-corrected chi connectivity index (χ3v) is 4.30. The van der Waals surface area contributed by atoms with Gasteiger partial charge in [-0.05, 0) is 32.3 Å². The normalized spacial score (nSPS) is 14.2. The Labute approximate surface area is 128 Å². The van der Waals surface area contributed by atoms with Crippen LogP contribution in [0, 0.1) is 0 Å². The molecule has 2 unspecified atom stereocenters. The first kappa shape index (κ1) is 18.1. The van der Waals surface area contributed by atoms with Crippen LogP contribution in [-0.4, -0.2) is 42.4 Å². The van der Waals surface area contributed by atoms with E-state index in [1.54, 1.807) is 6.92 Å². The van der Waals surface area contributed by atoms with E-state index in [1.165, 1.54) is 5.56 Å². The van der Waals surface area contributed by atoms with Crippen molar-refractivity contribution in [2.75, 3.05) is 25.7 Å². The molecular formula is C16H25O4P. The number of aliphatic hydroxyl groups is 1. The van der Waals surface area contributed by atoms with Crippen molar-refractivity contribution in [3.63, 3.8) is 0 Å². The van der Waals surface area contributed by atoms with Crippen molar-refractivity contribution in [2.24, 2.45) is 0 Å². The largest absolute Gasteiger partial charge is 0.464 e. The van der Waals surface area contributed by atoms with Gasteiger partial charge in [0.05, 0.1) is 13.0 Å². The highest BCUT2D eigenvalue weighted by molar-refractivity contribution is 7.37. The fourth-order valence-electron chi connectivity index (χ4n) is 2.23. The second-order valence-electron chi connectivity index (χ2n) is 4.72. The quantitative estimate of drug-likeness (QED) is 0.533. The molecule has 0 spiro atoms. The standard InChI is InChI=1S/C16H25O4P/c1-3-19-15(18)16(20-4-2,12-21-13-17)11-10-14-8-6-5-7-9-14/h5-9,17,21H,3-4,10-13H2,1-2H3. The van der Waals surface area contributed by atoms with Gasteiger partial charge >= 0.3 is 5.97 Å². The van der Waals surface area contributed by atoms with E-state index in [0.717, 1.165) is 6.42 Å². The van der Waals surface area contributed by atoms with Crippen molar-refractivity contribution in [1.29, 1.82) is 0 Å². The van der Waals surface area contributed by atoms with Gasteiger partial charge in [-0.15, -0.1) is 0 Å². The summed E-state index contributed by atoms with van der Waals surface area (Å²) in [7, 11) is 0.271. The predicted molar refractivity (Wildman–Crippen MR) is 86.0 cm³/mol. The molecule has 1 N–H and O–H groups in total. The Morgan fingerprint density at radius 1 is 1.24 bits per heavy atom. The third-order valence-electron chi connectivity index (χ3n) is 3.25. The van der Waals surface area contributed by atoms with Crippen LogP contribution >= 0.6 is 8.58 Å². The Morgan fingerprint density at radius 3 is 2.52 bits per heavy atom. The summed E-state index contributed by atoms with van der Waals surface area (Å²) in [6, 6.07) is 10.0. The van der Waals surface area contributed by atoms with Crippen LogP contribution in [0.1, 0.15) is 25.8 Å². The lowest BCUT2D eigenvalue weighted by molar-refractivity contribution is -0.169. The molecule has 2 atom stereocenters. The second-order valence-corrected chi connectivity index (χ2v) is 5.89. The van der Waals surface area contributed by atoms with E-state index in [2.05, 4.69) is 0 Å². The van der Waals surface area contributed by atoms with Crippen molar-refractivity contribution in [3.05, 3.63) is 35.9 Å². The summed E-state index contributed by atoms with van der Waals surface area (Å²) in [5.74, 6) is -0.316. The fraction of sp³-hybridized carbons (Fsp3) is 0.562. The van der Waals surface area contributed by atoms with E-state index < -0.39 is 5.60 Å². The molecule has 0 saturated heterocycles. The highest BCUT2D eigenvalue weighted by Crippen LogP contribution is 2.28. The smallest absolute Gasteiger partial charge is 0.338 e. The van der Waals surface area contributed by atoms with Crippen LogP contribution in [0.2, 0.25) is 0 Å². The maximum absolute atomic E-state index is 12.4. The molecule has 0 aromatic heterocycles. The summed E-state index contributed by atoms with van der Waals surface area (Å²) < 4.78 is 11.0. The molecule has 0 aliphatic rings. The van der Waals surface area contributed by atoms with Crippen LogP contribution in [-0.2, 0) is 20.7 Å². The fourth-order valence-corrected chi connectivity index (χ4v) is 3.17. The Kier molecular flexibility index (Phi) is 8.51. The zero-order valence-electron chi connectivity index (χ0n) is 12.8. The molecule has 0 aliphatic carbocycles. The van der Waals surface area contributed by atoms with E-state index in [4.69, 9.17) is 14.6 Å². The summed E-state index contributed by atoms with van der Waals surface area (Å²) in [6.45, 7) is 4.45. The van der Waals surface area contributed by atoms with E-state index >= 15 is 0 Å². The van der Waals surface area contributed by atoms with Crippen molar-refractivity contribution in [3.8, 4) is 0 Å². The first-order valence-corrected chi connectivity index (χ1v) is 8.76. The lowest BCUT2D eigenvalue weighted by Crippen LogP contribution is -2.46. The first-order valence-electron chi connectivity index (χ1n) is 7.35. The Morgan fingerprint density at radius 2 is 1.95 bits per heavy atom. The molecule has 0 aliphatic heterocycles. The molecule has 21 heavy (non-hydrogen) atoms. The predicted octanol–water partition coefficient (Wildman–Crippen LogP) is 2.59. The number of hydrogen-bond donors (Lipinski definition) is 1. The van der Waals surface area contributed by atoms with Gasteiger partial charge in [0.1, 0.15) is 0 Å². The minimum atomic E-state index is -0.943. The zero-order valence-corrected chi connectivity index (χ0v) is 13.8. The van der Waals surface area contributed by atoms with Gasteiger partial charge in [0, 0.05) is 12.8 Å². The lowest BCUT2D eigenvalue weighted by atomic mass is 9.96. The molecule has 1 aromatic rings. The van der Waals surface area contributed by atoms with E-state index in [9.17, 15) is 4.79 Å². The van der Waals surface area contributed by atoms with Gasteiger partial charge in [-0.1, -0.05) is 38.9 Å². The molecule has 0 heterocycles. The Balaban J connectivity index is 2.83. The first-order chi connectivity index (χ1) is 10.2. The summed E-state index contributed by atoms with van der Waals surface area (Å²) >= 11 is 0. The van der Waals surface area contributed by atoms with Crippen LogP contribution in [0.3, 0.4) is 0 Å². The molecule has 0 saturated carbocycles. The van der Waals surface area contributed by atoms with Gasteiger partial charge in [-0.25, -0.2) is 4.79 Å². The lowest BCUT2D eigenvalue weighted by Gasteiger charge is -2.31. The molecule has 1 aromatic carbocycles. The maximum atomic E-state index is 12.4. The number of carbonyl (C=O) groups excluding carboxylic acids is 1. The van der Waals surface area contributed by atoms with Gasteiger partial charge in [0.2, 0.25) is 0 Å². The van der Waals surface area contributed by atoms with Gasteiger partial charge < -0.3 is 14.6 Å². The molecule has 118 valence electrons. The van der Waals surface area contributed by atoms with Crippen LogP contribution in [0.15, 0.2) is 30.3 Å². The summed E-state index contributed by atoms with van der Waals surface area (Å²) in [5.41, 5.74) is 0.222. The number of rotatable bonds is 10. The van der Waals surface area contributed by atoms with E-state index in [0.29, 0.717) is 25.8 Å². The van der Waals surface area contributed by atoms with Crippen molar-refractivity contribution < 1.29 is 19.4 Å². The average molecular weight is 312 g/mol. The number of ether oxygens (including phenoxy) is 2. The maximum Gasteiger partial charge on any atom is 0.338 e. The van der Waals surface area contributed by atoms with Gasteiger partial charge in [-0.3, -0.25) is 0 Å². The van der Waals surface area contributed by atoms with Gasteiger partial charge in [-0.2, -0.15) is 0 Å². The van der Waals surface area contributed by atoms with Crippen LogP contribution < -0.4 is 0 Å². The van der Waals surface area contributed by atoms with Crippen LogP contribution in [0.5, 0.6) is 0 Å². The molecule has 0 radical (unpaired) electrons. The molecule has 0 bridgehead atoms. The van der Waals surface area contributed by atoms with E-state index in [1.807, 2.05) is 37.3 Å². The average Bonchev–Trinajstić information content (AvgIpc) is 2.51. The minimum absolute atomic E-state index is 0.0690. The number of benzene rings is 1. The molecule has 1 rings (SSSR count). The van der Waals surface area contributed by atoms with E-state index in [-0.39, 0.29) is 20.9 Å². The Bertz CT molecular complexity index is 410. The zero-order chi connectivity index (χ0) is 15.6. The number of hydrogen-bond acceptors (Lipinski definition) is 4. The SMILES string of the molecule is CCOC(=O)C(CCc1ccccc1)(CPCO)OCC. The van der Waals surface area contributed by atoms with Crippen molar-refractivity contribution in [2.45, 2.75) is 32.3 Å². The Hall–Kier alpha value is -0.960. The highest BCUT2D eigenvalue weighted by atomic mass is 31.1. The molecule has 0 amide bonds. The molecular weight excluding hydrogens is 287 g/mol. The topological polar surface area (TPSA) is 55.8 Å². The third kappa shape index (κ3) is 5.74. The van der Waals surface area contributed by atoms with Gasteiger partial charge in [0.25, 0.3) is 0 Å². The number of esters is 1. The summed E-state index contributed by atoms with van der Waals surface area (Å²) in [6.07, 6.45) is 1.88. The summed E-state index contributed by atoms with van der Waals surface area (Å²) in [5, 5.41) is 9.10. The second kappa shape index (κ2) is 9.88. The number of aliphatic hydroxyl groups excluding tert-OH is 1. The number of carbonyl (C=O) groups is 1. The molecule has 5 heteroatoms. The monoisotopic (exact) mass is 312 g/mol. The van der Waals surface area contributed by atoms with Crippen molar-refractivity contribution >= 4 is 14.6 Å².